The molecule has 0 N–H and O–H groups in total. The highest BCUT2D eigenvalue weighted by molar-refractivity contribution is 7.91. The number of benzene rings is 1. The highest BCUT2D eigenvalue weighted by Crippen LogP contribution is 2.19. The second-order valence-corrected chi connectivity index (χ2v) is 9.10. The fourth-order valence-corrected chi connectivity index (χ4v) is 4.96. The Labute approximate surface area is 155 Å². The van der Waals surface area contributed by atoms with Gasteiger partial charge in [0.1, 0.15) is 0 Å². The van der Waals surface area contributed by atoms with Crippen LogP contribution in [-0.4, -0.2) is 54.9 Å². The maximum Gasteiger partial charge on any atom is 0.228 e. The van der Waals surface area contributed by atoms with Gasteiger partial charge in [0.15, 0.2) is 0 Å². The Morgan fingerprint density at radius 1 is 1.12 bits per heavy atom. The molecule has 1 aromatic carbocycles. The Kier molecular flexibility index (Phi) is 6.11. The van der Waals surface area contributed by atoms with Crippen molar-refractivity contribution in [3.8, 4) is 0 Å². The molecule has 2 heterocycles. The summed E-state index contributed by atoms with van der Waals surface area (Å²) in [5.41, 5.74) is 1.99. The zero-order valence-corrected chi connectivity index (χ0v) is 16.3. The number of morpholine rings is 1. The van der Waals surface area contributed by atoms with Gasteiger partial charge < -0.3 is 9.30 Å². The monoisotopic (exact) mass is 377 g/mol. The van der Waals surface area contributed by atoms with Crippen molar-refractivity contribution in [2.24, 2.45) is 5.92 Å². The lowest BCUT2D eigenvalue weighted by molar-refractivity contribution is 0.0331. The van der Waals surface area contributed by atoms with E-state index in [0.717, 1.165) is 24.3 Å². The van der Waals surface area contributed by atoms with Crippen LogP contribution in [0, 0.1) is 5.92 Å². The van der Waals surface area contributed by atoms with E-state index in [4.69, 9.17) is 4.74 Å². The summed E-state index contributed by atoms with van der Waals surface area (Å²) in [7, 11) is -3.42. The van der Waals surface area contributed by atoms with Gasteiger partial charge in [0.05, 0.1) is 37.4 Å². The lowest BCUT2D eigenvalue weighted by atomic mass is 10.2. The summed E-state index contributed by atoms with van der Waals surface area (Å²) in [5.74, 6) is 0.167. The Balaban J connectivity index is 1.93. The van der Waals surface area contributed by atoms with Gasteiger partial charge in [-0.2, -0.15) is 0 Å². The first-order valence-corrected chi connectivity index (χ1v) is 10.7. The second-order valence-electron chi connectivity index (χ2n) is 7.17. The third kappa shape index (κ3) is 4.72. The first kappa shape index (κ1) is 19.1. The molecule has 0 amide bonds. The topological polar surface area (TPSA) is 64.4 Å². The van der Waals surface area contributed by atoms with Gasteiger partial charge in [-0.1, -0.05) is 44.2 Å². The molecular formula is C19H27N3O3S. The Bertz CT molecular complexity index is 810. The standard InChI is InChI=1S/C19H27N3O3S/c1-16(2)15-26(23,24)19-20-12-18(14-21-8-10-25-11-9-21)22(19)13-17-6-4-3-5-7-17/h3-7,12,16H,8-11,13-15H2,1-2H3. The average molecular weight is 378 g/mol. The summed E-state index contributed by atoms with van der Waals surface area (Å²) in [6.45, 7) is 8.15. The molecule has 0 aliphatic carbocycles. The lowest BCUT2D eigenvalue weighted by Crippen LogP contribution is -2.36. The van der Waals surface area contributed by atoms with Crippen LogP contribution < -0.4 is 0 Å². The minimum absolute atomic E-state index is 0.0598. The smallest absolute Gasteiger partial charge is 0.228 e. The minimum atomic E-state index is -3.42. The van der Waals surface area contributed by atoms with Crippen molar-refractivity contribution in [3.05, 3.63) is 47.8 Å². The molecule has 7 heteroatoms. The molecule has 0 saturated carbocycles. The van der Waals surface area contributed by atoms with Crippen molar-refractivity contribution < 1.29 is 13.2 Å². The van der Waals surface area contributed by atoms with E-state index < -0.39 is 9.84 Å². The Hall–Kier alpha value is -1.70. The number of hydrogen-bond donors (Lipinski definition) is 0. The largest absolute Gasteiger partial charge is 0.379 e. The van der Waals surface area contributed by atoms with E-state index >= 15 is 0 Å². The van der Waals surface area contributed by atoms with Gasteiger partial charge in [0.2, 0.25) is 15.0 Å². The quantitative estimate of drug-likeness (QED) is 0.740. The number of imidazole rings is 1. The molecule has 1 fully saturated rings. The molecule has 1 aromatic heterocycles. The molecule has 26 heavy (non-hydrogen) atoms. The molecule has 1 saturated heterocycles. The van der Waals surface area contributed by atoms with E-state index in [1.807, 2.05) is 48.7 Å². The molecular weight excluding hydrogens is 350 g/mol. The highest BCUT2D eigenvalue weighted by atomic mass is 32.2. The SMILES string of the molecule is CC(C)CS(=O)(=O)c1ncc(CN2CCOCC2)n1Cc1ccccc1. The van der Waals surface area contributed by atoms with Crippen LogP contribution in [-0.2, 0) is 27.7 Å². The van der Waals surface area contributed by atoms with Crippen LogP contribution in [0.2, 0.25) is 0 Å². The van der Waals surface area contributed by atoms with Gasteiger partial charge in [-0.3, -0.25) is 4.90 Å². The molecule has 142 valence electrons. The number of hydrogen-bond acceptors (Lipinski definition) is 5. The van der Waals surface area contributed by atoms with E-state index in [2.05, 4.69) is 9.88 Å². The summed E-state index contributed by atoms with van der Waals surface area (Å²) in [6, 6.07) is 9.92. The summed E-state index contributed by atoms with van der Waals surface area (Å²) < 4.78 is 33.0. The van der Waals surface area contributed by atoms with Crippen molar-refractivity contribution in [3.63, 3.8) is 0 Å². The number of aromatic nitrogens is 2. The Morgan fingerprint density at radius 2 is 1.81 bits per heavy atom. The molecule has 1 aliphatic rings. The van der Waals surface area contributed by atoms with Crippen LogP contribution in [0.3, 0.4) is 0 Å². The summed E-state index contributed by atoms with van der Waals surface area (Å²) in [6.07, 6.45) is 1.71. The van der Waals surface area contributed by atoms with Gasteiger partial charge in [0, 0.05) is 19.6 Å². The van der Waals surface area contributed by atoms with E-state index in [1.54, 1.807) is 6.20 Å². The van der Waals surface area contributed by atoms with Crippen LogP contribution in [0.25, 0.3) is 0 Å². The Morgan fingerprint density at radius 3 is 2.46 bits per heavy atom. The fourth-order valence-electron chi connectivity index (χ4n) is 3.20. The normalized spacial score (nSPS) is 16.3. The van der Waals surface area contributed by atoms with Crippen LogP contribution >= 0.6 is 0 Å². The molecule has 0 bridgehead atoms. The second kappa shape index (κ2) is 8.33. The molecule has 0 spiro atoms. The molecule has 0 radical (unpaired) electrons. The van der Waals surface area contributed by atoms with Crippen LogP contribution in [0.5, 0.6) is 0 Å². The van der Waals surface area contributed by atoms with Gasteiger partial charge >= 0.3 is 0 Å². The maximum absolute atomic E-state index is 12.8. The predicted octanol–water partition coefficient (Wildman–Crippen LogP) is 2.19. The van der Waals surface area contributed by atoms with E-state index in [-0.39, 0.29) is 16.8 Å². The van der Waals surface area contributed by atoms with Gasteiger partial charge in [-0.05, 0) is 11.5 Å². The van der Waals surface area contributed by atoms with Crippen molar-refractivity contribution in [2.75, 3.05) is 32.1 Å². The van der Waals surface area contributed by atoms with Crippen LogP contribution in [0.15, 0.2) is 41.7 Å². The number of ether oxygens (including phenoxy) is 1. The fraction of sp³-hybridized carbons (Fsp3) is 0.526. The predicted molar refractivity (Wildman–Crippen MR) is 101 cm³/mol. The minimum Gasteiger partial charge on any atom is -0.379 e. The zero-order chi connectivity index (χ0) is 18.6. The average Bonchev–Trinajstić information content (AvgIpc) is 2.99. The molecule has 6 nitrogen and oxygen atoms in total. The van der Waals surface area contributed by atoms with Crippen LogP contribution in [0.4, 0.5) is 0 Å². The summed E-state index contributed by atoms with van der Waals surface area (Å²) in [4.78, 5) is 6.60. The van der Waals surface area contributed by atoms with Gasteiger partial charge in [-0.15, -0.1) is 0 Å². The summed E-state index contributed by atoms with van der Waals surface area (Å²) in [5, 5.41) is 0.179. The third-order valence-corrected chi connectivity index (χ3v) is 6.39. The number of rotatable bonds is 7. The molecule has 3 rings (SSSR count). The number of sulfone groups is 1. The van der Waals surface area contributed by atoms with Crippen molar-refractivity contribution >= 4 is 9.84 Å². The lowest BCUT2D eigenvalue weighted by Gasteiger charge is -2.27. The zero-order valence-electron chi connectivity index (χ0n) is 15.5. The molecule has 1 aliphatic heterocycles. The van der Waals surface area contributed by atoms with E-state index in [1.165, 1.54) is 0 Å². The first-order chi connectivity index (χ1) is 12.5. The highest BCUT2D eigenvalue weighted by Gasteiger charge is 2.25. The third-order valence-electron chi connectivity index (χ3n) is 4.41. The van der Waals surface area contributed by atoms with E-state index in [9.17, 15) is 8.42 Å². The maximum atomic E-state index is 12.8. The molecule has 0 unspecified atom stereocenters. The molecule has 2 aromatic rings. The van der Waals surface area contributed by atoms with Crippen LogP contribution in [0.1, 0.15) is 25.1 Å². The van der Waals surface area contributed by atoms with Gasteiger partial charge in [-0.25, -0.2) is 13.4 Å². The van der Waals surface area contributed by atoms with E-state index in [0.29, 0.717) is 26.3 Å². The van der Waals surface area contributed by atoms with Crippen molar-refractivity contribution in [1.82, 2.24) is 14.5 Å². The first-order valence-electron chi connectivity index (χ1n) is 9.07. The summed E-state index contributed by atoms with van der Waals surface area (Å²) >= 11 is 0. The van der Waals surface area contributed by atoms with Crippen molar-refractivity contribution in [2.45, 2.75) is 32.1 Å². The van der Waals surface area contributed by atoms with Gasteiger partial charge in [0.25, 0.3) is 0 Å². The molecule has 0 atom stereocenters. The number of nitrogens with zero attached hydrogens (tertiary/aromatic N) is 3. The van der Waals surface area contributed by atoms with Crippen molar-refractivity contribution in [1.29, 1.82) is 0 Å².